The van der Waals surface area contributed by atoms with Crippen molar-refractivity contribution < 1.29 is 24.5 Å². The van der Waals surface area contributed by atoms with Crippen LogP contribution in [0.25, 0.3) is 22.3 Å². The molecule has 4 rings (SSSR count). The number of rotatable bonds is 17. The molecule has 5 nitrogen and oxygen atoms in total. The standard InChI is InChI=1S/C42H56O5/c1-6-8-9-10-31-11-13-33(14-12-31)34-15-17-35(18-16-34)36-19-21-39(32(7-2)25-36)37-20-22-40(47-29-42(5,27-43)28-44)38(26-37)23-24-46-41(45)30(3)4/h15-22,25-26,31,33,43-44H,3,6-14,23-24,27-29H2,1-2,4-5H3. The third-order valence-electron chi connectivity index (χ3n) is 9.93. The van der Waals surface area contributed by atoms with Crippen LogP contribution in [0.1, 0.15) is 102 Å². The molecule has 0 atom stereocenters. The molecule has 0 aromatic heterocycles. The van der Waals surface area contributed by atoms with Crippen molar-refractivity contribution in [2.45, 2.75) is 97.8 Å². The zero-order valence-corrected chi connectivity index (χ0v) is 29.2. The number of carbonyl (C=O) groups is 1. The number of aliphatic hydroxyl groups is 2. The largest absolute Gasteiger partial charge is 0.493 e. The normalized spacial score (nSPS) is 16.6. The molecule has 0 saturated heterocycles. The summed E-state index contributed by atoms with van der Waals surface area (Å²) in [4.78, 5) is 12.0. The Bertz CT molecular complexity index is 1440. The average Bonchev–Trinajstić information content (AvgIpc) is 3.11. The summed E-state index contributed by atoms with van der Waals surface area (Å²) in [5.41, 5.74) is 7.91. The highest BCUT2D eigenvalue weighted by Gasteiger charge is 2.25. The van der Waals surface area contributed by atoms with Crippen LogP contribution in [0, 0.1) is 11.3 Å². The minimum absolute atomic E-state index is 0.159. The Kier molecular flexibility index (Phi) is 13.7. The highest BCUT2D eigenvalue weighted by atomic mass is 16.5. The van der Waals surface area contributed by atoms with Crippen LogP contribution in [-0.4, -0.2) is 42.6 Å². The number of unbranched alkanes of at least 4 members (excludes halogenated alkanes) is 2. The van der Waals surface area contributed by atoms with Gasteiger partial charge in [-0.2, -0.15) is 0 Å². The highest BCUT2D eigenvalue weighted by Crippen LogP contribution is 2.39. The van der Waals surface area contributed by atoms with Crippen LogP contribution in [0.4, 0.5) is 0 Å². The quantitative estimate of drug-likeness (QED) is 0.0873. The summed E-state index contributed by atoms with van der Waals surface area (Å²) in [6, 6.07) is 22.1. The Labute approximate surface area is 283 Å². The zero-order valence-electron chi connectivity index (χ0n) is 29.2. The van der Waals surface area contributed by atoms with Gasteiger partial charge in [-0.25, -0.2) is 4.79 Å². The molecule has 5 heteroatoms. The maximum atomic E-state index is 12.0. The van der Waals surface area contributed by atoms with Gasteiger partial charge in [-0.15, -0.1) is 0 Å². The zero-order chi connectivity index (χ0) is 33.8. The van der Waals surface area contributed by atoms with Crippen molar-refractivity contribution in [3.63, 3.8) is 0 Å². The van der Waals surface area contributed by atoms with Crippen LogP contribution in [0.2, 0.25) is 0 Å². The van der Waals surface area contributed by atoms with E-state index in [0.29, 0.717) is 23.7 Å². The Morgan fingerprint density at radius 1 is 0.872 bits per heavy atom. The molecule has 1 aliphatic rings. The fraction of sp³-hybridized carbons (Fsp3) is 0.500. The van der Waals surface area contributed by atoms with Crippen LogP contribution in [0.15, 0.2) is 72.8 Å². The van der Waals surface area contributed by atoms with E-state index in [1.54, 1.807) is 13.8 Å². The predicted octanol–water partition coefficient (Wildman–Crippen LogP) is 9.47. The third kappa shape index (κ3) is 10.0. The lowest BCUT2D eigenvalue weighted by molar-refractivity contribution is -0.138. The molecule has 0 aliphatic heterocycles. The van der Waals surface area contributed by atoms with Crippen LogP contribution in [0.5, 0.6) is 5.75 Å². The molecular weight excluding hydrogens is 584 g/mol. The summed E-state index contributed by atoms with van der Waals surface area (Å²) >= 11 is 0. The lowest BCUT2D eigenvalue weighted by atomic mass is 9.77. The van der Waals surface area contributed by atoms with E-state index in [0.717, 1.165) is 29.0 Å². The van der Waals surface area contributed by atoms with Gasteiger partial charge >= 0.3 is 5.97 Å². The summed E-state index contributed by atoms with van der Waals surface area (Å²) < 4.78 is 11.5. The van der Waals surface area contributed by atoms with E-state index >= 15 is 0 Å². The van der Waals surface area contributed by atoms with Gasteiger partial charge in [0, 0.05) is 17.4 Å². The first-order chi connectivity index (χ1) is 22.7. The van der Waals surface area contributed by atoms with Gasteiger partial charge < -0.3 is 19.7 Å². The van der Waals surface area contributed by atoms with Crippen molar-refractivity contribution in [2.75, 3.05) is 26.4 Å². The van der Waals surface area contributed by atoms with Gasteiger partial charge in [-0.05, 0) is 102 Å². The Morgan fingerprint density at radius 3 is 2.17 bits per heavy atom. The summed E-state index contributed by atoms with van der Waals surface area (Å²) in [5, 5.41) is 19.5. The van der Waals surface area contributed by atoms with Gasteiger partial charge in [-0.1, -0.05) is 102 Å². The van der Waals surface area contributed by atoms with E-state index in [1.165, 1.54) is 73.6 Å². The van der Waals surface area contributed by atoms with Crippen LogP contribution >= 0.6 is 0 Å². The molecular formula is C42H56O5. The molecule has 1 aliphatic carbocycles. The Hall–Kier alpha value is -3.41. The molecule has 0 radical (unpaired) electrons. The SMILES string of the molecule is C=C(C)C(=O)OCCc1cc(-c2ccc(-c3ccc(C4CCC(CCCCC)CC4)cc3)cc2CC)ccc1OCC(C)(CO)CO. The van der Waals surface area contributed by atoms with Crippen molar-refractivity contribution in [3.05, 3.63) is 89.5 Å². The molecule has 1 saturated carbocycles. The molecule has 1 fully saturated rings. The van der Waals surface area contributed by atoms with Crippen molar-refractivity contribution in [2.24, 2.45) is 11.3 Å². The van der Waals surface area contributed by atoms with Crippen LogP contribution < -0.4 is 4.74 Å². The molecule has 0 bridgehead atoms. The van der Waals surface area contributed by atoms with E-state index < -0.39 is 11.4 Å². The lowest BCUT2D eigenvalue weighted by Crippen LogP contribution is -2.33. The van der Waals surface area contributed by atoms with Crippen molar-refractivity contribution in [3.8, 4) is 28.0 Å². The van der Waals surface area contributed by atoms with Gasteiger partial charge in [0.25, 0.3) is 0 Å². The van der Waals surface area contributed by atoms with E-state index in [4.69, 9.17) is 9.47 Å². The van der Waals surface area contributed by atoms with Gasteiger partial charge in [-0.3, -0.25) is 0 Å². The first kappa shape index (κ1) is 36.4. The predicted molar refractivity (Wildman–Crippen MR) is 193 cm³/mol. The fourth-order valence-corrected chi connectivity index (χ4v) is 6.62. The maximum Gasteiger partial charge on any atom is 0.333 e. The maximum absolute atomic E-state index is 12.0. The molecule has 2 N–H and O–H groups in total. The summed E-state index contributed by atoms with van der Waals surface area (Å²) in [6.07, 6.45) is 12.2. The number of aryl methyl sites for hydroxylation is 1. The highest BCUT2D eigenvalue weighted by molar-refractivity contribution is 5.86. The molecule has 0 heterocycles. The number of carbonyl (C=O) groups excluding carboxylic acids is 1. The van der Waals surface area contributed by atoms with Crippen molar-refractivity contribution >= 4 is 5.97 Å². The van der Waals surface area contributed by atoms with Crippen molar-refractivity contribution in [1.29, 1.82) is 0 Å². The molecule has 0 spiro atoms. The smallest absolute Gasteiger partial charge is 0.333 e. The summed E-state index contributed by atoms with van der Waals surface area (Å²) in [5.74, 6) is 1.84. The lowest BCUT2D eigenvalue weighted by Gasteiger charge is -2.29. The first-order valence-electron chi connectivity index (χ1n) is 17.7. The van der Waals surface area contributed by atoms with Crippen LogP contribution in [-0.2, 0) is 22.4 Å². The van der Waals surface area contributed by atoms with Gasteiger partial charge in [0.05, 0.1) is 26.4 Å². The molecule has 3 aromatic carbocycles. The number of ether oxygens (including phenoxy) is 2. The third-order valence-corrected chi connectivity index (χ3v) is 9.93. The second kappa shape index (κ2) is 17.7. The molecule has 3 aromatic rings. The van der Waals surface area contributed by atoms with E-state index in [-0.39, 0.29) is 26.4 Å². The van der Waals surface area contributed by atoms with E-state index in [1.807, 2.05) is 6.07 Å². The number of hydrogen-bond acceptors (Lipinski definition) is 5. The monoisotopic (exact) mass is 640 g/mol. The number of aliphatic hydroxyl groups excluding tert-OH is 2. The van der Waals surface area contributed by atoms with Crippen molar-refractivity contribution in [1.82, 2.24) is 0 Å². The van der Waals surface area contributed by atoms with Gasteiger partial charge in [0.2, 0.25) is 0 Å². The summed E-state index contributed by atoms with van der Waals surface area (Å²) in [6.45, 7) is 11.5. The van der Waals surface area contributed by atoms with Crippen LogP contribution in [0.3, 0.4) is 0 Å². The second-order valence-corrected chi connectivity index (χ2v) is 14.0. The molecule has 0 amide bonds. The molecule has 0 unspecified atom stereocenters. The molecule has 47 heavy (non-hydrogen) atoms. The summed E-state index contributed by atoms with van der Waals surface area (Å²) in [7, 11) is 0. The Balaban J connectivity index is 1.50. The topological polar surface area (TPSA) is 76.0 Å². The minimum Gasteiger partial charge on any atom is -0.493 e. The second-order valence-electron chi connectivity index (χ2n) is 14.0. The van der Waals surface area contributed by atoms with E-state index in [9.17, 15) is 15.0 Å². The number of hydrogen-bond donors (Lipinski definition) is 2. The fourth-order valence-electron chi connectivity index (χ4n) is 6.62. The number of benzene rings is 3. The van der Waals surface area contributed by atoms with Gasteiger partial charge in [0.1, 0.15) is 5.75 Å². The average molecular weight is 641 g/mol. The number of esters is 1. The minimum atomic E-state index is -0.765. The van der Waals surface area contributed by atoms with Gasteiger partial charge in [0.15, 0.2) is 0 Å². The van der Waals surface area contributed by atoms with E-state index in [2.05, 4.69) is 75.0 Å². The Morgan fingerprint density at radius 2 is 1.53 bits per heavy atom. The first-order valence-corrected chi connectivity index (χ1v) is 17.7. The molecule has 254 valence electrons.